The zero-order chi connectivity index (χ0) is 11.3. The van der Waals surface area contributed by atoms with E-state index in [-0.39, 0.29) is 11.2 Å². The summed E-state index contributed by atoms with van der Waals surface area (Å²) >= 11 is 4.36. The third-order valence-corrected chi connectivity index (χ3v) is 3.60. The second-order valence-electron chi connectivity index (χ2n) is 4.69. The number of amides is 1. The summed E-state index contributed by atoms with van der Waals surface area (Å²) in [5.41, 5.74) is 1.13. The summed E-state index contributed by atoms with van der Waals surface area (Å²) in [6, 6.07) is 2.06. The van der Waals surface area contributed by atoms with E-state index in [9.17, 15) is 4.79 Å². The molecule has 2 heterocycles. The molecule has 1 aromatic heterocycles. The molecule has 0 bridgehead atoms. The van der Waals surface area contributed by atoms with Crippen molar-refractivity contribution in [2.75, 3.05) is 11.4 Å². The van der Waals surface area contributed by atoms with Crippen LogP contribution in [0.5, 0.6) is 0 Å². The van der Waals surface area contributed by atoms with Gasteiger partial charge < -0.3 is 0 Å². The van der Waals surface area contributed by atoms with Crippen LogP contribution in [-0.2, 0) is 11.8 Å². The number of aromatic nitrogens is 2. The standard InChI is InChI=1S/C11H15N3OS/c1-13-10(5-9(12-13)7-2-3-7)14-6-8(16)4-11(14)15/h5,7-8,16H,2-4,6H2,1H3. The summed E-state index contributed by atoms with van der Waals surface area (Å²) in [6.45, 7) is 0.700. The minimum absolute atomic E-state index is 0.158. The molecule has 2 fully saturated rings. The van der Waals surface area contributed by atoms with Crippen LogP contribution in [0, 0.1) is 0 Å². The van der Waals surface area contributed by atoms with Gasteiger partial charge in [-0.05, 0) is 12.8 Å². The summed E-state index contributed by atoms with van der Waals surface area (Å²) in [4.78, 5) is 13.6. The Labute approximate surface area is 100 Å². The summed E-state index contributed by atoms with van der Waals surface area (Å²) in [6.07, 6.45) is 3.01. The Morgan fingerprint density at radius 2 is 2.25 bits per heavy atom. The molecule has 86 valence electrons. The van der Waals surface area contributed by atoms with Crippen LogP contribution in [0.1, 0.15) is 30.9 Å². The second-order valence-corrected chi connectivity index (χ2v) is 5.42. The van der Waals surface area contributed by atoms with Gasteiger partial charge in [-0.1, -0.05) is 0 Å². The van der Waals surface area contributed by atoms with Crippen molar-refractivity contribution in [3.8, 4) is 0 Å². The van der Waals surface area contributed by atoms with Crippen LogP contribution in [0.4, 0.5) is 5.82 Å². The Balaban J connectivity index is 1.90. The minimum atomic E-state index is 0.158. The quantitative estimate of drug-likeness (QED) is 0.788. The lowest BCUT2D eigenvalue weighted by molar-refractivity contribution is -0.117. The van der Waals surface area contributed by atoms with Gasteiger partial charge in [0, 0.05) is 37.2 Å². The van der Waals surface area contributed by atoms with Crippen molar-refractivity contribution < 1.29 is 4.79 Å². The fourth-order valence-corrected chi connectivity index (χ4v) is 2.54. The van der Waals surface area contributed by atoms with Crippen LogP contribution in [0.25, 0.3) is 0 Å². The van der Waals surface area contributed by atoms with E-state index in [1.165, 1.54) is 12.8 Å². The minimum Gasteiger partial charge on any atom is -0.296 e. The summed E-state index contributed by atoms with van der Waals surface area (Å²) in [7, 11) is 1.90. The van der Waals surface area contributed by atoms with Crippen LogP contribution < -0.4 is 4.90 Å². The fraction of sp³-hybridized carbons (Fsp3) is 0.636. The van der Waals surface area contributed by atoms with Crippen molar-refractivity contribution in [2.45, 2.75) is 30.4 Å². The number of nitrogens with zero attached hydrogens (tertiary/aromatic N) is 3. The van der Waals surface area contributed by atoms with Crippen LogP contribution in [-0.4, -0.2) is 27.5 Å². The predicted octanol–water partition coefficient (Wildman–Crippen LogP) is 1.33. The van der Waals surface area contributed by atoms with Crippen molar-refractivity contribution in [1.82, 2.24) is 9.78 Å². The van der Waals surface area contributed by atoms with Crippen LogP contribution in [0.15, 0.2) is 6.07 Å². The van der Waals surface area contributed by atoms with Crippen molar-refractivity contribution in [1.29, 1.82) is 0 Å². The fourth-order valence-electron chi connectivity index (χ4n) is 2.22. The molecule has 1 atom stereocenters. The Kier molecular flexibility index (Phi) is 2.24. The van der Waals surface area contributed by atoms with Crippen molar-refractivity contribution in [2.24, 2.45) is 7.05 Å². The number of hydrogen-bond donors (Lipinski definition) is 1. The molecule has 1 amide bonds. The summed E-state index contributed by atoms with van der Waals surface area (Å²) in [5.74, 6) is 1.71. The monoisotopic (exact) mass is 237 g/mol. The predicted molar refractivity (Wildman–Crippen MR) is 64.9 cm³/mol. The molecule has 1 unspecified atom stereocenters. The molecule has 0 N–H and O–H groups in total. The van der Waals surface area contributed by atoms with Gasteiger partial charge in [-0.2, -0.15) is 17.7 Å². The lowest BCUT2D eigenvalue weighted by atomic mass is 10.3. The molecule has 5 heteroatoms. The maximum Gasteiger partial charge on any atom is 0.229 e. The zero-order valence-electron chi connectivity index (χ0n) is 9.26. The lowest BCUT2D eigenvalue weighted by Crippen LogP contribution is -2.26. The number of aryl methyl sites for hydroxylation is 1. The molecular formula is C11H15N3OS. The highest BCUT2D eigenvalue weighted by molar-refractivity contribution is 7.81. The zero-order valence-corrected chi connectivity index (χ0v) is 10.2. The number of rotatable bonds is 2. The molecule has 0 spiro atoms. The van der Waals surface area contributed by atoms with Crippen LogP contribution in [0.3, 0.4) is 0 Å². The number of thiol groups is 1. The first-order chi connectivity index (χ1) is 7.65. The largest absolute Gasteiger partial charge is 0.296 e. The first-order valence-corrected chi connectivity index (χ1v) is 6.19. The molecule has 1 aliphatic carbocycles. The number of anilines is 1. The van der Waals surface area contributed by atoms with Gasteiger partial charge in [-0.25, -0.2) is 0 Å². The van der Waals surface area contributed by atoms with E-state index < -0.39 is 0 Å². The smallest absolute Gasteiger partial charge is 0.229 e. The normalized spacial score (nSPS) is 25.5. The Hall–Kier alpha value is -0.970. The van der Waals surface area contributed by atoms with Gasteiger partial charge in [0.05, 0.1) is 5.69 Å². The first kappa shape index (κ1) is 10.2. The van der Waals surface area contributed by atoms with Crippen LogP contribution >= 0.6 is 12.6 Å². The summed E-state index contributed by atoms with van der Waals surface area (Å²) < 4.78 is 1.82. The molecule has 2 aliphatic rings. The highest BCUT2D eigenvalue weighted by atomic mass is 32.1. The average Bonchev–Trinajstić information content (AvgIpc) is 2.92. The van der Waals surface area contributed by atoms with Gasteiger partial charge in [-0.3, -0.25) is 14.4 Å². The second kappa shape index (κ2) is 3.52. The van der Waals surface area contributed by atoms with Gasteiger partial charge in [0.25, 0.3) is 0 Å². The highest BCUT2D eigenvalue weighted by Crippen LogP contribution is 2.40. The maximum absolute atomic E-state index is 11.8. The Morgan fingerprint density at radius 1 is 1.50 bits per heavy atom. The van der Waals surface area contributed by atoms with E-state index in [0.717, 1.165) is 11.5 Å². The molecular weight excluding hydrogens is 222 g/mol. The van der Waals surface area contributed by atoms with Gasteiger partial charge in [0.1, 0.15) is 5.82 Å². The molecule has 3 rings (SSSR count). The molecule has 0 radical (unpaired) electrons. The number of carbonyl (C=O) groups excluding carboxylic acids is 1. The van der Waals surface area contributed by atoms with Gasteiger partial charge in [-0.15, -0.1) is 0 Å². The van der Waals surface area contributed by atoms with E-state index in [4.69, 9.17) is 0 Å². The summed E-state index contributed by atoms with van der Waals surface area (Å²) in [5, 5.41) is 4.63. The third kappa shape index (κ3) is 1.63. The lowest BCUT2D eigenvalue weighted by Gasteiger charge is -2.15. The maximum atomic E-state index is 11.8. The van der Waals surface area contributed by atoms with E-state index in [2.05, 4.69) is 23.8 Å². The molecule has 1 saturated carbocycles. The van der Waals surface area contributed by atoms with E-state index >= 15 is 0 Å². The Morgan fingerprint density at radius 3 is 2.81 bits per heavy atom. The van der Waals surface area contributed by atoms with Gasteiger partial charge >= 0.3 is 0 Å². The molecule has 4 nitrogen and oxygen atoms in total. The van der Waals surface area contributed by atoms with E-state index in [0.29, 0.717) is 18.9 Å². The average molecular weight is 237 g/mol. The Bertz CT molecular complexity index is 438. The van der Waals surface area contributed by atoms with E-state index in [1.54, 1.807) is 4.90 Å². The first-order valence-electron chi connectivity index (χ1n) is 5.67. The van der Waals surface area contributed by atoms with Gasteiger partial charge in [0.2, 0.25) is 5.91 Å². The molecule has 1 aliphatic heterocycles. The number of carbonyl (C=O) groups is 1. The SMILES string of the molecule is Cn1nc(C2CC2)cc1N1CC(S)CC1=O. The van der Waals surface area contributed by atoms with Crippen molar-refractivity contribution in [3.63, 3.8) is 0 Å². The van der Waals surface area contributed by atoms with Crippen LogP contribution in [0.2, 0.25) is 0 Å². The third-order valence-electron chi connectivity index (χ3n) is 3.25. The number of hydrogen-bond acceptors (Lipinski definition) is 3. The topological polar surface area (TPSA) is 38.1 Å². The highest BCUT2D eigenvalue weighted by Gasteiger charge is 2.33. The van der Waals surface area contributed by atoms with Gasteiger partial charge in [0.15, 0.2) is 0 Å². The molecule has 1 saturated heterocycles. The van der Waals surface area contributed by atoms with Crippen molar-refractivity contribution in [3.05, 3.63) is 11.8 Å². The van der Waals surface area contributed by atoms with E-state index in [1.807, 2.05) is 11.7 Å². The van der Waals surface area contributed by atoms with Crippen molar-refractivity contribution >= 4 is 24.4 Å². The molecule has 1 aromatic rings. The molecule has 0 aromatic carbocycles. The molecule has 16 heavy (non-hydrogen) atoms.